The molecule has 2 N–H and O–H groups in total. The number of guanidine groups is 1. The standard InChI is InChI=1S/C13H18FN3S/c1-3-8-16-13(15-2)17-9-10-18-12-6-4-11(14)5-7-12/h3-7H,1,8-10H2,2H3,(H2,15,16,17). The van der Waals surface area contributed by atoms with Crippen LogP contribution < -0.4 is 10.6 Å². The minimum absolute atomic E-state index is 0.202. The Hall–Kier alpha value is -1.49. The van der Waals surface area contributed by atoms with Gasteiger partial charge in [-0.25, -0.2) is 4.39 Å². The number of hydrogen-bond donors (Lipinski definition) is 2. The van der Waals surface area contributed by atoms with Gasteiger partial charge >= 0.3 is 0 Å². The molecule has 0 heterocycles. The maximum Gasteiger partial charge on any atom is 0.191 e. The molecule has 0 atom stereocenters. The number of aliphatic imine (C=N–C) groups is 1. The molecule has 18 heavy (non-hydrogen) atoms. The molecule has 0 bridgehead atoms. The van der Waals surface area contributed by atoms with Crippen molar-refractivity contribution in [3.8, 4) is 0 Å². The van der Waals surface area contributed by atoms with E-state index in [2.05, 4.69) is 22.2 Å². The van der Waals surface area contributed by atoms with E-state index in [1.54, 1.807) is 37.0 Å². The third-order valence-electron chi connectivity index (χ3n) is 2.11. The maximum atomic E-state index is 12.7. The molecule has 1 aromatic carbocycles. The van der Waals surface area contributed by atoms with Crippen molar-refractivity contribution in [1.82, 2.24) is 10.6 Å². The first kappa shape index (κ1) is 14.6. The average molecular weight is 267 g/mol. The predicted octanol–water partition coefficient (Wildman–Crippen LogP) is 2.27. The van der Waals surface area contributed by atoms with Gasteiger partial charge in [-0.3, -0.25) is 4.99 Å². The van der Waals surface area contributed by atoms with Crippen LogP contribution in [0.4, 0.5) is 4.39 Å². The first-order chi connectivity index (χ1) is 8.76. The van der Waals surface area contributed by atoms with Crippen molar-refractivity contribution in [1.29, 1.82) is 0 Å². The zero-order valence-electron chi connectivity index (χ0n) is 10.4. The van der Waals surface area contributed by atoms with E-state index in [-0.39, 0.29) is 5.82 Å². The highest BCUT2D eigenvalue weighted by Gasteiger charge is 1.97. The largest absolute Gasteiger partial charge is 0.356 e. The maximum absolute atomic E-state index is 12.7. The summed E-state index contributed by atoms with van der Waals surface area (Å²) in [5.41, 5.74) is 0. The number of rotatable bonds is 6. The van der Waals surface area contributed by atoms with E-state index in [0.717, 1.165) is 23.2 Å². The van der Waals surface area contributed by atoms with Gasteiger partial charge in [-0.1, -0.05) is 6.08 Å². The molecular weight excluding hydrogens is 249 g/mol. The molecule has 0 aliphatic rings. The Kier molecular flexibility index (Phi) is 6.94. The van der Waals surface area contributed by atoms with E-state index in [4.69, 9.17) is 0 Å². The summed E-state index contributed by atoms with van der Waals surface area (Å²) in [6.07, 6.45) is 1.78. The highest BCUT2D eigenvalue weighted by Crippen LogP contribution is 2.16. The number of nitrogens with one attached hydrogen (secondary N) is 2. The normalized spacial score (nSPS) is 11.1. The molecule has 0 saturated heterocycles. The Balaban J connectivity index is 2.21. The minimum atomic E-state index is -0.202. The van der Waals surface area contributed by atoms with Crippen molar-refractivity contribution in [2.45, 2.75) is 4.90 Å². The van der Waals surface area contributed by atoms with Gasteiger partial charge in [-0.15, -0.1) is 18.3 Å². The smallest absolute Gasteiger partial charge is 0.191 e. The number of thioether (sulfide) groups is 1. The lowest BCUT2D eigenvalue weighted by Gasteiger charge is -2.09. The highest BCUT2D eigenvalue weighted by atomic mass is 32.2. The lowest BCUT2D eigenvalue weighted by atomic mass is 10.4. The van der Waals surface area contributed by atoms with Crippen LogP contribution in [0.2, 0.25) is 0 Å². The van der Waals surface area contributed by atoms with Crippen LogP contribution in [0, 0.1) is 5.82 Å². The van der Waals surface area contributed by atoms with Gasteiger partial charge in [-0.2, -0.15) is 0 Å². The lowest BCUT2D eigenvalue weighted by molar-refractivity contribution is 0.626. The molecule has 98 valence electrons. The number of halogens is 1. The number of nitrogens with zero attached hydrogens (tertiary/aromatic N) is 1. The van der Waals surface area contributed by atoms with E-state index in [1.165, 1.54) is 12.1 Å². The zero-order chi connectivity index (χ0) is 13.2. The molecule has 0 saturated carbocycles. The summed E-state index contributed by atoms with van der Waals surface area (Å²) >= 11 is 1.67. The predicted molar refractivity (Wildman–Crippen MR) is 76.7 cm³/mol. The first-order valence-electron chi connectivity index (χ1n) is 5.70. The second-order valence-corrected chi connectivity index (χ2v) is 4.64. The molecule has 1 rings (SSSR count). The minimum Gasteiger partial charge on any atom is -0.356 e. The van der Waals surface area contributed by atoms with Gasteiger partial charge in [0.15, 0.2) is 5.96 Å². The van der Waals surface area contributed by atoms with Crippen LogP contribution in [-0.4, -0.2) is 31.8 Å². The molecule has 5 heteroatoms. The van der Waals surface area contributed by atoms with Crippen LogP contribution in [0.1, 0.15) is 0 Å². The Bertz CT molecular complexity index is 390. The van der Waals surface area contributed by atoms with Crippen molar-refractivity contribution in [2.75, 3.05) is 25.9 Å². The van der Waals surface area contributed by atoms with Gasteiger partial charge in [0.25, 0.3) is 0 Å². The SMILES string of the molecule is C=CCNC(=NC)NCCSc1ccc(F)cc1. The second-order valence-electron chi connectivity index (χ2n) is 3.47. The summed E-state index contributed by atoms with van der Waals surface area (Å²) in [7, 11) is 1.73. The summed E-state index contributed by atoms with van der Waals surface area (Å²) in [6, 6.07) is 6.51. The molecule has 0 aliphatic heterocycles. The Labute approximate surface area is 112 Å². The number of hydrogen-bond acceptors (Lipinski definition) is 2. The van der Waals surface area contributed by atoms with E-state index < -0.39 is 0 Å². The molecule has 3 nitrogen and oxygen atoms in total. The van der Waals surface area contributed by atoms with Crippen LogP contribution in [0.15, 0.2) is 46.8 Å². The van der Waals surface area contributed by atoms with Crippen molar-refractivity contribution in [3.05, 3.63) is 42.7 Å². The quantitative estimate of drug-likeness (QED) is 0.273. The molecule has 0 aromatic heterocycles. The van der Waals surface area contributed by atoms with Crippen molar-refractivity contribution < 1.29 is 4.39 Å². The van der Waals surface area contributed by atoms with Gasteiger partial charge in [0.2, 0.25) is 0 Å². The fourth-order valence-corrected chi connectivity index (χ4v) is 2.03. The van der Waals surface area contributed by atoms with E-state index >= 15 is 0 Å². The third kappa shape index (κ3) is 5.72. The first-order valence-corrected chi connectivity index (χ1v) is 6.68. The van der Waals surface area contributed by atoms with Crippen LogP contribution in [0.25, 0.3) is 0 Å². The van der Waals surface area contributed by atoms with E-state index in [0.29, 0.717) is 6.54 Å². The summed E-state index contributed by atoms with van der Waals surface area (Å²) < 4.78 is 12.7. The van der Waals surface area contributed by atoms with E-state index in [1.807, 2.05) is 0 Å². The second kappa shape index (κ2) is 8.58. The average Bonchev–Trinajstić information content (AvgIpc) is 2.40. The topological polar surface area (TPSA) is 36.4 Å². The Morgan fingerprint density at radius 2 is 2.11 bits per heavy atom. The molecule has 0 aliphatic carbocycles. The summed E-state index contributed by atoms with van der Waals surface area (Å²) in [5.74, 6) is 1.45. The molecule has 0 radical (unpaired) electrons. The molecule has 0 unspecified atom stereocenters. The molecule has 0 fully saturated rings. The molecule has 1 aromatic rings. The highest BCUT2D eigenvalue weighted by molar-refractivity contribution is 7.99. The zero-order valence-corrected chi connectivity index (χ0v) is 11.3. The van der Waals surface area contributed by atoms with Gasteiger partial charge in [0.1, 0.15) is 5.82 Å². The van der Waals surface area contributed by atoms with Gasteiger partial charge in [0, 0.05) is 30.8 Å². The van der Waals surface area contributed by atoms with Crippen LogP contribution in [0.5, 0.6) is 0 Å². The van der Waals surface area contributed by atoms with Crippen LogP contribution in [-0.2, 0) is 0 Å². The van der Waals surface area contributed by atoms with Gasteiger partial charge in [0.05, 0.1) is 0 Å². The molecule has 0 amide bonds. The fourth-order valence-electron chi connectivity index (χ4n) is 1.26. The monoisotopic (exact) mass is 267 g/mol. The summed E-state index contributed by atoms with van der Waals surface area (Å²) in [5, 5.41) is 6.27. The van der Waals surface area contributed by atoms with Crippen molar-refractivity contribution in [2.24, 2.45) is 4.99 Å². The summed E-state index contributed by atoms with van der Waals surface area (Å²) in [4.78, 5) is 5.13. The van der Waals surface area contributed by atoms with Crippen LogP contribution >= 0.6 is 11.8 Å². The third-order valence-corrected chi connectivity index (χ3v) is 3.13. The Morgan fingerprint density at radius 3 is 2.72 bits per heavy atom. The molecular formula is C13H18FN3S. The van der Waals surface area contributed by atoms with Gasteiger partial charge < -0.3 is 10.6 Å². The van der Waals surface area contributed by atoms with Crippen molar-refractivity contribution >= 4 is 17.7 Å². The lowest BCUT2D eigenvalue weighted by Crippen LogP contribution is -2.38. The summed E-state index contributed by atoms with van der Waals surface area (Å²) in [6.45, 7) is 5.11. The number of benzene rings is 1. The Morgan fingerprint density at radius 1 is 1.39 bits per heavy atom. The van der Waals surface area contributed by atoms with Crippen LogP contribution in [0.3, 0.4) is 0 Å². The van der Waals surface area contributed by atoms with Crippen molar-refractivity contribution in [3.63, 3.8) is 0 Å². The van der Waals surface area contributed by atoms with Gasteiger partial charge in [-0.05, 0) is 24.3 Å². The van der Waals surface area contributed by atoms with E-state index in [9.17, 15) is 4.39 Å². The fraction of sp³-hybridized carbons (Fsp3) is 0.308. The molecule has 0 spiro atoms.